The summed E-state index contributed by atoms with van der Waals surface area (Å²) >= 11 is 0. The molecule has 0 saturated carbocycles. The predicted molar refractivity (Wildman–Crippen MR) is 106 cm³/mol. The Hall–Kier alpha value is -1.76. The standard InChI is InChI=1S/C19H32N2O4S/c1-7-12-25-17-10-8-16(9-11-17)21(26(6,23)24)13-18(22)20-19(14(2)3)15(4)5/h8-11,14-15,19H,7,12-13H2,1-6H3,(H,20,22). The number of carbonyl (C=O) groups excluding carboxylic acids is 1. The van der Waals surface area contributed by atoms with E-state index in [2.05, 4.69) is 5.32 Å². The Balaban J connectivity index is 2.93. The molecule has 6 nitrogen and oxygen atoms in total. The largest absolute Gasteiger partial charge is 0.494 e. The zero-order chi connectivity index (χ0) is 19.9. The van der Waals surface area contributed by atoms with Gasteiger partial charge in [-0.05, 0) is 42.5 Å². The van der Waals surface area contributed by atoms with Crippen molar-refractivity contribution in [1.82, 2.24) is 5.32 Å². The van der Waals surface area contributed by atoms with Crippen molar-refractivity contribution < 1.29 is 17.9 Å². The van der Waals surface area contributed by atoms with Crippen LogP contribution in [0.4, 0.5) is 5.69 Å². The Morgan fingerprint density at radius 1 is 1.12 bits per heavy atom. The van der Waals surface area contributed by atoms with E-state index in [1.807, 2.05) is 34.6 Å². The first-order chi connectivity index (χ1) is 12.1. The monoisotopic (exact) mass is 384 g/mol. The summed E-state index contributed by atoms with van der Waals surface area (Å²) < 4.78 is 31.0. The molecular formula is C19H32N2O4S. The van der Waals surface area contributed by atoms with Gasteiger partial charge >= 0.3 is 0 Å². The highest BCUT2D eigenvalue weighted by Gasteiger charge is 2.24. The molecule has 0 radical (unpaired) electrons. The summed E-state index contributed by atoms with van der Waals surface area (Å²) in [7, 11) is -3.59. The van der Waals surface area contributed by atoms with E-state index in [1.54, 1.807) is 24.3 Å². The van der Waals surface area contributed by atoms with Crippen molar-refractivity contribution in [1.29, 1.82) is 0 Å². The van der Waals surface area contributed by atoms with Crippen LogP contribution in [0.25, 0.3) is 0 Å². The van der Waals surface area contributed by atoms with Crippen LogP contribution in [0, 0.1) is 11.8 Å². The smallest absolute Gasteiger partial charge is 0.241 e. The van der Waals surface area contributed by atoms with E-state index in [0.717, 1.165) is 17.0 Å². The zero-order valence-corrected chi connectivity index (χ0v) is 17.5. The fourth-order valence-corrected chi connectivity index (χ4v) is 3.65. The van der Waals surface area contributed by atoms with Crippen molar-refractivity contribution >= 4 is 21.6 Å². The summed E-state index contributed by atoms with van der Waals surface area (Å²) in [4.78, 5) is 12.5. The molecule has 0 saturated heterocycles. The van der Waals surface area contributed by atoms with Gasteiger partial charge in [-0.1, -0.05) is 34.6 Å². The van der Waals surface area contributed by atoms with Gasteiger partial charge in [0.25, 0.3) is 0 Å². The van der Waals surface area contributed by atoms with Gasteiger partial charge in [-0.3, -0.25) is 9.10 Å². The van der Waals surface area contributed by atoms with Gasteiger partial charge in [-0.25, -0.2) is 8.42 Å². The van der Waals surface area contributed by atoms with Gasteiger partial charge < -0.3 is 10.1 Å². The maximum atomic E-state index is 12.5. The third kappa shape index (κ3) is 6.86. The van der Waals surface area contributed by atoms with Crippen molar-refractivity contribution in [2.75, 3.05) is 23.7 Å². The summed E-state index contributed by atoms with van der Waals surface area (Å²) in [5.74, 6) is 0.892. The average molecular weight is 385 g/mol. The first kappa shape index (κ1) is 22.3. The Labute approximate surface area is 158 Å². The normalized spacial score (nSPS) is 11.9. The third-order valence-electron chi connectivity index (χ3n) is 4.05. The highest BCUT2D eigenvalue weighted by molar-refractivity contribution is 7.92. The molecule has 0 bridgehead atoms. The number of sulfonamides is 1. The number of carbonyl (C=O) groups is 1. The SMILES string of the molecule is CCCOc1ccc(N(CC(=O)NC(C(C)C)C(C)C)S(C)(=O)=O)cc1. The molecule has 0 atom stereocenters. The summed E-state index contributed by atoms with van der Waals surface area (Å²) in [6, 6.07) is 6.73. The lowest BCUT2D eigenvalue weighted by Gasteiger charge is -2.28. The maximum Gasteiger partial charge on any atom is 0.241 e. The van der Waals surface area contributed by atoms with Gasteiger partial charge in [0.15, 0.2) is 0 Å². The second-order valence-corrected chi connectivity index (χ2v) is 9.10. The van der Waals surface area contributed by atoms with Crippen LogP contribution in [0.3, 0.4) is 0 Å². The van der Waals surface area contributed by atoms with E-state index >= 15 is 0 Å². The quantitative estimate of drug-likeness (QED) is 0.673. The van der Waals surface area contributed by atoms with E-state index in [-0.39, 0.29) is 30.3 Å². The van der Waals surface area contributed by atoms with Gasteiger partial charge in [0.05, 0.1) is 18.6 Å². The minimum absolute atomic E-state index is 0.00581. The highest BCUT2D eigenvalue weighted by atomic mass is 32.2. The number of nitrogens with zero attached hydrogens (tertiary/aromatic N) is 1. The Bertz CT molecular complexity index is 661. The number of nitrogens with one attached hydrogen (secondary N) is 1. The predicted octanol–water partition coefficient (Wildman–Crippen LogP) is 3.04. The summed E-state index contributed by atoms with van der Waals surface area (Å²) in [5, 5.41) is 2.96. The molecule has 1 aromatic rings. The number of hydrogen-bond acceptors (Lipinski definition) is 4. The molecule has 0 aliphatic carbocycles. The number of anilines is 1. The molecule has 1 aromatic carbocycles. The molecule has 0 aliphatic heterocycles. The lowest BCUT2D eigenvalue weighted by molar-refractivity contribution is -0.121. The first-order valence-electron chi connectivity index (χ1n) is 9.06. The number of benzene rings is 1. The molecule has 1 amide bonds. The second kappa shape index (κ2) is 9.80. The number of amides is 1. The summed E-state index contributed by atoms with van der Waals surface area (Å²) in [5.41, 5.74) is 0.442. The fraction of sp³-hybridized carbons (Fsp3) is 0.632. The Morgan fingerprint density at radius 2 is 1.65 bits per heavy atom. The van der Waals surface area contributed by atoms with E-state index in [9.17, 15) is 13.2 Å². The second-order valence-electron chi connectivity index (χ2n) is 7.19. The lowest BCUT2D eigenvalue weighted by atomic mass is 9.93. The molecule has 1 rings (SSSR count). The molecule has 148 valence electrons. The molecule has 0 aromatic heterocycles. The minimum atomic E-state index is -3.59. The van der Waals surface area contributed by atoms with Crippen molar-refractivity contribution in [3.63, 3.8) is 0 Å². The van der Waals surface area contributed by atoms with E-state index in [1.165, 1.54) is 0 Å². The number of rotatable bonds is 10. The number of ether oxygens (including phenoxy) is 1. The van der Waals surface area contributed by atoms with Crippen LogP contribution in [0.1, 0.15) is 41.0 Å². The minimum Gasteiger partial charge on any atom is -0.494 e. The van der Waals surface area contributed by atoms with Crippen LogP contribution in [0.2, 0.25) is 0 Å². The highest BCUT2D eigenvalue weighted by Crippen LogP contribution is 2.22. The topological polar surface area (TPSA) is 75.7 Å². The van der Waals surface area contributed by atoms with Gasteiger partial charge in [-0.15, -0.1) is 0 Å². The van der Waals surface area contributed by atoms with Crippen LogP contribution in [-0.2, 0) is 14.8 Å². The maximum absolute atomic E-state index is 12.5. The van der Waals surface area contributed by atoms with Crippen LogP contribution in [0.15, 0.2) is 24.3 Å². The van der Waals surface area contributed by atoms with E-state index in [0.29, 0.717) is 18.0 Å². The molecule has 26 heavy (non-hydrogen) atoms. The fourth-order valence-electron chi connectivity index (χ4n) is 2.79. The molecule has 7 heteroatoms. The van der Waals surface area contributed by atoms with Crippen LogP contribution >= 0.6 is 0 Å². The van der Waals surface area contributed by atoms with Crippen molar-refractivity contribution in [3.8, 4) is 5.75 Å². The van der Waals surface area contributed by atoms with Gasteiger partial charge in [0.1, 0.15) is 12.3 Å². The average Bonchev–Trinajstić information content (AvgIpc) is 2.54. The van der Waals surface area contributed by atoms with E-state index in [4.69, 9.17) is 4.74 Å². The van der Waals surface area contributed by atoms with Gasteiger partial charge in [0, 0.05) is 6.04 Å². The molecule has 0 heterocycles. The Morgan fingerprint density at radius 3 is 2.08 bits per heavy atom. The number of hydrogen-bond donors (Lipinski definition) is 1. The third-order valence-corrected chi connectivity index (χ3v) is 5.19. The van der Waals surface area contributed by atoms with Crippen LogP contribution in [0.5, 0.6) is 5.75 Å². The lowest BCUT2D eigenvalue weighted by Crippen LogP contribution is -2.47. The molecule has 1 N–H and O–H groups in total. The molecular weight excluding hydrogens is 352 g/mol. The summed E-state index contributed by atoms with van der Waals surface area (Å²) in [6.45, 7) is 10.5. The molecule has 0 aliphatic rings. The Kier molecular flexibility index (Phi) is 8.40. The van der Waals surface area contributed by atoms with Crippen molar-refractivity contribution in [3.05, 3.63) is 24.3 Å². The van der Waals surface area contributed by atoms with Gasteiger partial charge in [-0.2, -0.15) is 0 Å². The van der Waals surface area contributed by atoms with Crippen molar-refractivity contribution in [2.45, 2.75) is 47.1 Å². The first-order valence-corrected chi connectivity index (χ1v) is 10.9. The zero-order valence-electron chi connectivity index (χ0n) is 16.7. The van der Waals surface area contributed by atoms with Gasteiger partial charge in [0.2, 0.25) is 15.9 Å². The summed E-state index contributed by atoms with van der Waals surface area (Å²) in [6.07, 6.45) is 1.99. The van der Waals surface area contributed by atoms with E-state index < -0.39 is 10.0 Å². The molecule has 0 unspecified atom stereocenters. The molecule has 0 spiro atoms. The van der Waals surface area contributed by atoms with Crippen molar-refractivity contribution in [2.24, 2.45) is 11.8 Å². The molecule has 0 fully saturated rings. The van der Waals surface area contributed by atoms with Crippen LogP contribution < -0.4 is 14.4 Å². The van der Waals surface area contributed by atoms with Crippen LogP contribution in [-0.4, -0.2) is 39.8 Å².